The van der Waals surface area contributed by atoms with Gasteiger partial charge in [-0.3, -0.25) is 9.88 Å². The molecule has 4 aromatic rings. The molecule has 0 fully saturated rings. The van der Waals surface area contributed by atoms with Crippen LogP contribution in [0.15, 0.2) is 48.8 Å². The van der Waals surface area contributed by atoms with Gasteiger partial charge in [0.25, 0.3) is 0 Å². The average Bonchev–Trinajstić information content (AvgIpc) is 3.11. The van der Waals surface area contributed by atoms with Gasteiger partial charge in [0.15, 0.2) is 0 Å². The molecule has 0 saturated carbocycles. The van der Waals surface area contributed by atoms with E-state index in [1.807, 2.05) is 26.0 Å². The summed E-state index contributed by atoms with van der Waals surface area (Å²) in [5.74, 6) is 0.186. The number of carboxylic acids is 1. The van der Waals surface area contributed by atoms with Crippen molar-refractivity contribution in [1.29, 1.82) is 0 Å². The van der Waals surface area contributed by atoms with Crippen LogP contribution in [0.4, 0.5) is 21.9 Å². The largest absolute Gasteiger partial charge is 0.477 e. The van der Waals surface area contributed by atoms with Crippen LogP contribution in [-0.4, -0.2) is 27.1 Å². The maximum Gasteiger partial charge on any atom is 0.348 e. The number of carbonyl (C=O) groups excluding carboxylic acids is 1. The minimum Gasteiger partial charge on any atom is -0.477 e. The lowest BCUT2D eigenvalue weighted by Gasteiger charge is -2.29. The fraction of sp³-hybridized carbons (Fsp3) is 0.0909. The first-order chi connectivity index (χ1) is 14.9. The lowest BCUT2D eigenvalue weighted by molar-refractivity contribution is 0.0703. The highest BCUT2D eigenvalue weighted by Crippen LogP contribution is 2.46. The number of ether oxygens (including phenoxy) is 1. The average molecular weight is 432 g/mol. The van der Waals surface area contributed by atoms with E-state index in [-0.39, 0.29) is 4.88 Å². The van der Waals surface area contributed by atoms with Crippen LogP contribution in [-0.2, 0) is 0 Å². The number of aromatic nitrogens is 2. The van der Waals surface area contributed by atoms with Gasteiger partial charge in [0.1, 0.15) is 21.2 Å². The molecule has 0 atom stereocenters. The summed E-state index contributed by atoms with van der Waals surface area (Å²) in [5, 5.41) is 12.8. The Morgan fingerprint density at radius 1 is 1.13 bits per heavy atom. The maximum atomic E-state index is 13.0. The molecule has 5 rings (SSSR count). The van der Waals surface area contributed by atoms with E-state index in [0.29, 0.717) is 38.8 Å². The third-order valence-corrected chi connectivity index (χ3v) is 6.12. The number of benzene rings is 1. The van der Waals surface area contributed by atoms with Gasteiger partial charge in [0, 0.05) is 12.4 Å². The molecule has 3 aromatic heterocycles. The third-order valence-electron chi connectivity index (χ3n) is 5.04. The molecule has 1 aromatic carbocycles. The second-order valence-electron chi connectivity index (χ2n) is 7.02. The third kappa shape index (κ3) is 3.06. The quantitative estimate of drug-likeness (QED) is 0.442. The van der Waals surface area contributed by atoms with Gasteiger partial charge in [-0.05, 0) is 55.8 Å². The van der Waals surface area contributed by atoms with Gasteiger partial charge in [-0.25, -0.2) is 14.6 Å². The fourth-order valence-corrected chi connectivity index (χ4v) is 4.58. The Hall–Kier alpha value is -3.98. The number of pyridine rings is 2. The number of urea groups is 1. The smallest absolute Gasteiger partial charge is 0.348 e. The minimum atomic E-state index is -1.10. The van der Waals surface area contributed by atoms with Crippen molar-refractivity contribution in [3.05, 3.63) is 64.9 Å². The normalized spacial score (nSPS) is 12.7. The van der Waals surface area contributed by atoms with Gasteiger partial charge in [0.05, 0.1) is 28.1 Å². The molecule has 2 amide bonds. The van der Waals surface area contributed by atoms with Crippen molar-refractivity contribution in [2.75, 3.05) is 10.2 Å². The fourth-order valence-electron chi connectivity index (χ4n) is 3.62. The monoisotopic (exact) mass is 432 g/mol. The molecule has 1 aliphatic heterocycles. The zero-order chi connectivity index (χ0) is 21.7. The van der Waals surface area contributed by atoms with Crippen molar-refractivity contribution < 1.29 is 19.4 Å². The number of hydrogen-bond donors (Lipinski definition) is 2. The lowest BCUT2D eigenvalue weighted by Crippen LogP contribution is -2.34. The number of aryl methyl sites for hydroxylation is 2. The summed E-state index contributed by atoms with van der Waals surface area (Å²) < 4.78 is 5.95. The predicted octanol–water partition coefficient (Wildman–Crippen LogP) is 5.48. The standard InChI is InChI=1S/C22H16N4O4S/c1-11-10-13(30-16-4-3-8-23-12(16)2)5-6-14(11)26-15-7-9-24-20-17(15)18(25-22(26)29)19(31-20)21(27)28/h3-10H,1-2H3,(H,25,29)(H,27,28). The molecule has 1 aliphatic rings. The Morgan fingerprint density at radius 2 is 1.97 bits per heavy atom. The van der Waals surface area contributed by atoms with Crippen molar-refractivity contribution in [1.82, 2.24) is 9.97 Å². The van der Waals surface area contributed by atoms with Crippen LogP contribution in [0.2, 0.25) is 0 Å². The molecular formula is C22H16N4O4S. The van der Waals surface area contributed by atoms with Crippen LogP contribution >= 0.6 is 11.3 Å². The number of anilines is 3. The summed E-state index contributed by atoms with van der Waals surface area (Å²) in [6.45, 7) is 3.75. The second-order valence-corrected chi connectivity index (χ2v) is 8.02. The number of nitrogens with zero attached hydrogens (tertiary/aromatic N) is 3. The second kappa shape index (κ2) is 7.06. The van der Waals surface area contributed by atoms with Crippen LogP contribution in [0, 0.1) is 13.8 Å². The van der Waals surface area contributed by atoms with Crippen molar-refractivity contribution in [3.63, 3.8) is 0 Å². The summed E-state index contributed by atoms with van der Waals surface area (Å²) in [7, 11) is 0. The minimum absolute atomic E-state index is 0.0651. The van der Waals surface area contributed by atoms with Gasteiger partial charge in [-0.15, -0.1) is 11.3 Å². The van der Waals surface area contributed by atoms with Crippen LogP contribution in [0.1, 0.15) is 20.9 Å². The van der Waals surface area contributed by atoms with E-state index in [0.717, 1.165) is 22.6 Å². The van der Waals surface area contributed by atoms with Gasteiger partial charge in [0.2, 0.25) is 0 Å². The first kappa shape index (κ1) is 19.0. The topological polar surface area (TPSA) is 105 Å². The number of amides is 2. The Bertz CT molecular complexity index is 1380. The number of carbonyl (C=O) groups is 2. The van der Waals surface area contributed by atoms with Crippen molar-refractivity contribution in [2.45, 2.75) is 13.8 Å². The molecule has 8 nitrogen and oxygen atoms in total. The van der Waals surface area contributed by atoms with Gasteiger partial charge in [-0.1, -0.05) is 0 Å². The van der Waals surface area contributed by atoms with E-state index in [1.165, 1.54) is 4.90 Å². The number of thiophene rings is 1. The van der Waals surface area contributed by atoms with Gasteiger partial charge in [-0.2, -0.15) is 0 Å². The summed E-state index contributed by atoms with van der Waals surface area (Å²) >= 11 is 1.04. The molecule has 4 heterocycles. The highest BCUT2D eigenvalue weighted by Gasteiger charge is 2.33. The van der Waals surface area contributed by atoms with Crippen LogP contribution in [0.5, 0.6) is 11.5 Å². The SMILES string of the molecule is Cc1cc(Oc2cccnc2C)ccc1N1C(=O)Nc2c(C(=O)O)sc3nccc1c23. The lowest BCUT2D eigenvalue weighted by atomic mass is 10.1. The summed E-state index contributed by atoms with van der Waals surface area (Å²) in [5.41, 5.74) is 3.14. The number of hydrogen-bond acceptors (Lipinski definition) is 6. The molecule has 0 radical (unpaired) electrons. The van der Waals surface area contributed by atoms with Gasteiger partial charge >= 0.3 is 12.0 Å². The van der Waals surface area contributed by atoms with E-state index < -0.39 is 12.0 Å². The highest BCUT2D eigenvalue weighted by molar-refractivity contribution is 7.21. The Morgan fingerprint density at radius 3 is 2.71 bits per heavy atom. The molecule has 0 unspecified atom stereocenters. The summed E-state index contributed by atoms with van der Waals surface area (Å²) in [6.07, 6.45) is 3.28. The molecular weight excluding hydrogens is 416 g/mol. The van der Waals surface area contributed by atoms with E-state index in [4.69, 9.17) is 4.74 Å². The van der Waals surface area contributed by atoms with Crippen molar-refractivity contribution in [2.24, 2.45) is 0 Å². The first-order valence-electron chi connectivity index (χ1n) is 9.40. The molecule has 0 saturated heterocycles. The number of aromatic carboxylic acids is 1. The van der Waals surface area contributed by atoms with E-state index in [9.17, 15) is 14.7 Å². The zero-order valence-electron chi connectivity index (χ0n) is 16.5. The summed E-state index contributed by atoms with van der Waals surface area (Å²) in [6, 6.07) is 10.4. The van der Waals surface area contributed by atoms with Crippen molar-refractivity contribution >= 4 is 50.6 Å². The number of carboxylic acid groups (broad SMARTS) is 1. The molecule has 9 heteroatoms. The molecule has 2 N–H and O–H groups in total. The van der Waals surface area contributed by atoms with Crippen LogP contribution in [0.25, 0.3) is 10.2 Å². The predicted molar refractivity (Wildman–Crippen MR) is 118 cm³/mol. The number of nitrogens with one attached hydrogen (secondary N) is 1. The van der Waals surface area contributed by atoms with E-state index >= 15 is 0 Å². The molecule has 31 heavy (non-hydrogen) atoms. The molecule has 0 aliphatic carbocycles. The maximum absolute atomic E-state index is 13.0. The molecule has 154 valence electrons. The van der Waals surface area contributed by atoms with Crippen LogP contribution in [0.3, 0.4) is 0 Å². The number of rotatable bonds is 4. The summed E-state index contributed by atoms with van der Waals surface area (Å²) in [4.78, 5) is 35.3. The molecule has 0 spiro atoms. The van der Waals surface area contributed by atoms with E-state index in [1.54, 1.807) is 36.7 Å². The highest BCUT2D eigenvalue weighted by atomic mass is 32.1. The van der Waals surface area contributed by atoms with Crippen LogP contribution < -0.4 is 15.0 Å². The zero-order valence-corrected chi connectivity index (χ0v) is 17.4. The Kier molecular flexibility index (Phi) is 4.33. The molecule has 0 bridgehead atoms. The Labute approximate surface area is 180 Å². The van der Waals surface area contributed by atoms with E-state index in [2.05, 4.69) is 15.3 Å². The first-order valence-corrected chi connectivity index (χ1v) is 10.2. The Balaban J connectivity index is 1.58. The van der Waals surface area contributed by atoms with Gasteiger partial charge < -0.3 is 15.2 Å². The van der Waals surface area contributed by atoms with Crippen molar-refractivity contribution in [3.8, 4) is 11.5 Å².